The van der Waals surface area contributed by atoms with Crippen LogP contribution >= 0.6 is 0 Å². The average Bonchev–Trinajstić information content (AvgIpc) is 2.31. The Balaban J connectivity index is 2.19. The molecule has 2 rings (SSSR count). The van der Waals surface area contributed by atoms with Crippen LogP contribution < -0.4 is 0 Å². The van der Waals surface area contributed by atoms with Gasteiger partial charge in [-0.25, -0.2) is 9.18 Å². The molecule has 2 saturated heterocycles. The Hall–Kier alpha value is -1.13. The molecule has 3 atom stereocenters. The van der Waals surface area contributed by atoms with Gasteiger partial charge < -0.3 is 4.74 Å². The molecule has 4 nitrogen and oxygen atoms in total. The monoisotopic (exact) mass is 270 g/mol. The first-order valence-corrected chi connectivity index (χ1v) is 6.94. The second-order valence-corrected chi connectivity index (χ2v) is 6.36. The summed E-state index contributed by atoms with van der Waals surface area (Å²) in [5, 5.41) is 0. The highest BCUT2D eigenvalue weighted by molar-refractivity contribution is 5.92. The largest absolute Gasteiger partial charge is 0.444 e. The fourth-order valence-electron chi connectivity index (χ4n) is 2.99. The number of amides is 1. The molecule has 19 heavy (non-hydrogen) atoms. The zero-order chi connectivity index (χ0) is 14.2. The van der Waals surface area contributed by atoms with E-state index in [1.54, 1.807) is 11.9 Å². The lowest BCUT2D eigenvalue weighted by Crippen LogP contribution is -2.61. The Morgan fingerprint density at radius 1 is 1.42 bits per heavy atom. The minimum Gasteiger partial charge on any atom is -0.444 e. The van der Waals surface area contributed by atoms with Gasteiger partial charge in [0, 0.05) is 19.5 Å². The lowest BCUT2D eigenvalue weighted by molar-refractivity contribution is -0.0188. The maximum Gasteiger partial charge on any atom is 0.410 e. The SMILES string of the molecule is CN=C1CC2CCCC([C@@H]1F)N2C(=O)OC(C)(C)C. The molecule has 0 aromatic rings. The van der Waals surface area contributed by atoms with E-state index >= 15 is 0 Å². The van der Waals surface area contributed by atoms with Gasteiger partial charge in [-0.05, 0) is 40.0 Å². The maximum atomic E-state index is 14.4. The molecule has 0 aliphatic carbocycles. The lowest BCUT2D eigenvalue weighted by Gasteiger charge is -2.47. The number of alkyl halides is 1. The first kappa shape index (κ1) is 14.3. The number of fused-ring (bicyclic) bond motifs is 2. The fourth-order valence-corrected chi connectivity index (χ4v) is 2.99. The highest BCUT2D eigenvalue weighted by Gasteiger charge is 2.46. The zero-order valence-electron chi connectivity index (χ0n) is 12.1. The Bertz CT molecular complexity index is 389. The molecule has 0 aromatic heterocycles. The van der Waals surface area contributed by atoms with E-state index in [1.165, 1.54) is 0 Å². The van der Waals surface area contributed by atoms with Gasteiger partial charge in [0.05, 0.1) is 11.8 Å². The summed E-state index contributed by atoms with van der Waals surface area (Å²) in [5.41, 5.74) is 0.0468. The van der Waals surface area contributed by atoms with Crippen LogP contribution in [-0.2, 0) is 4.74 Å². The van der Waals surface area contributed by atoms with E-state index in [4.69, 9.17) is 4.74 Å². The van der Waals surface area contributed by atoms with Crippen LogP contribution in [0.1, 0.15) is 46.5 Å². The van der Waals surface area contributed by atoms with E-state index < -0.39 is 17.8 Å². The van der Waals surface area contributed by atoms with Crippen LogP contribution in [0.3, 0.4) is 0 Å². The van der Waals surface area contributed by atoms with Crippen molar-refractivity contribution in [3.05, 3.63) is 0 Å². The van der Waals surface area contributed by atoms with E-state index in [-0.39, 0.29) is 12.1 Å². The van der Waals surface area contributed by atoms with Crippen molar-refractivity contribution >= 4 is 11.8 Å². The Morgan fingerprint density at radius 3 is 2.68 bits per heavy atom. The molecule has 2 aliphatic heterocycles. The van der Waals surface area contributed by atoms with Gasteiger partial charge in [0.1, 0.15) is 5.60 Å². The third-order valence-corrected chi connectivity index (χ3v) is 3.78. The average molecular weight is 270 g/mol. The molecule has 0 saturated carbocycles. The predicted octanol–water partition coefficient (Wildman–Crippen LogP) is 2.96. The number of carbonyl (C=O) groups is 1. The lowest BCUT2D eigenvalue weighted by atomic mass is 9.82. The van der Waals surface area contributed by atoms with E-state index in [0.717, 1.165) is 12.8 Å². The molecule has 2 unspecified atom stereocenters. The van der Waals surface area contributed by atoms with Crippen LogP contribution in [0.15, 0.2) is 4.99 Å². The minimum atomic E-state index is -1.14. The van der Waals surface area contributed by atoms with E-state index in [0.29, 0.717) is 18.6 Å². The summed E-state index contributed by atoms with van der Waals surface area (Å²) in [6.45, 7) is 5.49. The molecule has 1 amide bonds. The van der Waals surface area contributed by atoms with Crippen molar-refractivity contribution in [1.82, 2.24) is 4.90 Å². The topological polar surface area (TPSA) is 41.9 Å². The Labute approximate surface area is 114 Å². The van der Waals surface area contributed by atoms with Crippen LogP contribution in [-0.4, -0.2) is 47.6 Å². The molecule has 0 spiro atoms. The summed E-state index contributed by atoms with van der Waals surface area (Å²) >= 11 is 0. The maximum absolute atomic E-state index is 14.4. The van der Waals surface area contributed by atoms with Gasteiger partial charge in [-0.3, -0.25) is 9.89 Å². The van der Waals surface area contributed by atoms with Gasteiger partial charge in [0.25, 0.3) is 0 Å². The standard InChI is InChI=1S/C14H23FN2O2/c1-14(2,3)19-13(18)17-9-6-5-7-11(17)12(15)10(8-9)16-4/h9,11-12H,5-8H2,1-4H3/t9?,11?,12-/m1/s1. The molecule has 2 fully saturated rings. The van der Waals surface area contributed by atoms with Crippen LogP contribution in [0.2, 0.25) is 0 Å². The number of nitrogens with zero attached hydrogens (tertiary/aromatic N) is 2. The van der Waals surface area contributed by atoms with Crippen LogP contribution in [0.25, 0.3) is 0 Å². The molecule has 108 valence electrons. The fraction of sp³-hybridized carbons (Fsp3) is 0.857. The van der Waals surface area contributed by atoms with Crippen molar-refractivity contribution < 1.29 is 13.9 Å². The Kier molecular flexibility index (Phi) is 3.83. The molecular weight excluding hydrogens is 247 g/mol. The van der Waals surface area contributed by atoms with Crippen molar-refractivity contribution in [2.45, 2.75) is 70.3 Å². The Morgan fingerprint density at radius 2 is 2.11 bits per heavy atom. The summed E-state index contributed by atoms with van der Waals surface area (Å²) in [5.74, 6) is 0. The summed E-state index contributed by atoms with van der Waals surface area (Å²) in [7, 11) is 1.63. The highest BCUT2D eigenvalue weighted by atomic mass is 19.1. The van der Waals surface area contributed by atoms with Crippen molar-refractivity contribution in [3.8, 4) is 0 Å². The van der Waals surface area contributed by atoms with Crippen LogP contribution in [0.4, 0.5) is 9.18 Å². The zero-order valence-corrected chi connectivity index (χ0v) is 12.1. The molecular formula is C14H23FN2O2. The van der Waals surface area contributed by atoms with Gasteiger partial charge >= 0.3 is 6.09 Å². The third kappa shape index (κ3) is 2.90. The number of ether oxygens (including phenoxy) is 1. The highest BCUT2D eigenvalue weighted by Crippen LogP contribution is 2.35. The molecule has 0 radical (unpaired) electrons. The van der Waals surface area contributed by atoms with Crippen molar-refractivity contribution in [2.75, 3.05) is 7.05 Å². The number of rotatable bonds is 0. The van der Waals surface area contributed by atoms with Crippen LogP contribution in [0.5, 0.6) is 0 Å². The molecule has 5 heteroatoms. The quantitative estimate of drug-likeness (QED) is 0.679. The van der Waals surface area contributed by atoms with E-state index in [9.17, 15) is 9.18 Å². The van der Waals surface area contributed by atoms with Crippen molar-refractivity contribution in [2.24, 2.45) is 4.99 Å². The molecule has 0 N–H and O–H groups in total. The summed E-state index contributed by atoms with van der Waals surface area (Å²) in [6, 6.07) is -0.361. The molecule has 2 heterocycles. The van der Waals surface area contributed by atoms with Gasteiger partial charge in [0.2, 0.25) is 0 Å². The number of piperidine rings is 2. The van der Waals surface area contributed by atoms with Crippen LogP contribution in [0, 0.1) is 0 Å². The second kappa shape index (κ2) is 5.10. The first-order valence-electron chi connectivity index (χ1n) is 6.94. The van der Waals surface area contributed by atoms with E-state index in [1.807, 2.05) is 20.8 Å². The van der Waals surface area contributed by atoms with Gasteiger partial charge in [-0.1, -0.05) is 0 Å². The number of carbonyl (C=O) groups excluding carboxylic acids is 1. The second-order valence-electron chi connectivity index (χ2n) is 6.36. The third-order valence-electron chi connectivity index (χ3n) is 3.78. The number of hydrogen-bond donors (Lipinski definition) is 0. The summed E-state index contributed by atoms with van der Waals surface area (Å²) in [4.78, 5) is 17.9. The number of halogens is 1. The molecule has 2 aliphatic rings. The molecule has 2 bridgehead atoms. The van der Waals surface area contributed by atoms with Crippen molar-refractivity contribution in [3.63, 3.8) is 0 Å². The number of aliphatic imine (C=N–C) groups is 1. The molecule has 0 aromatic carbocycles. The van der Waals surface area contributed by atoms with Gasteiger partial charge in [-0.2, -0.15) is 0 Å². The van der Waals surface area contributed by atoms with Gasteiger partial charge in [0.15, 0.2) is 6.17 Å². The van der Waals surface area contributed by atoms with Crippen molar-refractivity contribution in [1.29, 1.82) is 0 Å². The van der Waals surface area contributed by atoms with Gasteiger partial charge in [-0.15, -0.1) is 0 Å². The number of hydrogen-bond acceptors (Lipinski definition) is 3. The minimum absolute atomic E-state index is 0.0410. The normalized spacial score (nSPS) is 33.4. The van der Waals surface area contributed by atoms with E-state index in [2.05, 4.69) is 4.99 Å². The summed E-state index contributed by atoms with van der Waals surface area (Å²) < 4.78 is 19.8. The predicted molar refractivity (Wildman–Crippen MR) is 72.4 cm³/mol. The first-order chi connectivity index (χ1) is 8.83. The summed E-state index contributed by atoms with van der Waals surface area (Å²) in [6.07, 6.45) is 1.56. The smallest absolute Gasteiger partial charge is 0.410 e.